The van der Waals surface area contributed by atoms with E-state index in [2.05, 4.69) is 25.9 Å². The monoisotopic (exact) mass is 636 g/mol. The van der Waals surface area contributed by atoms with Crippen molar-refractivity contribution in [2.45, 2.75) is 64.9 Å². The summed E-state index contributed by atoms with van der Waals surface area (Å²) in [7, 11) is 0. The van der Waals surface area contributed by atoms with Crippen molar-refractivity contribution in [1.29, 1.82) is 0 Å². The number of ketones is 1. The number of carbonyl (C=O) groups is 3. The summed E-state index contributed by atoms with van der Waals surface area (Å²) in [5, 5.41) is 13.8. The van der Waals surface area contributed by atoms with Gasteiger partial charge in [-0.25, -0.2) is 9.79 Å². The maximum absolute atomic E-state index is 13.7. The Labute approximate surface area is 276 Å². The molecule has 1 aliphatic heterocycles. The molecule has 0 radical (unpaired) electrons. The summed E-state index contributed by atoms with van der Waals surface area (Å²) in [5.41, 5.74) is 10.7. The number of benzene rings is 3. The first-order valence-corrected chi connectivity index (χ1v) is 16.3. The van der Waals surface area contributed by atoms with Crippen LogP contribution in [0.5, 0.6) is 0 Å². The predicted molar refractivity (Wildman–Crippen MR) is 184 cm³/mol. The number of Topliss-reactive ketones (excluding diaryl/α,β-unsaturated/α-hetero) is 1. The van der Waals surface area contributed by atoms with Crippen LogP contribution in [0.1, 0.15) is 64.0 Å². The summed E-state index contributed by atoms with van der Waals surface area (Å²) in [4.78, 5) is 43.7. The number of rotatable bonds is 11. The minimum absolute atomic E-state index is 0.104. The van der Waals surface area contributed by atoms with Gasteiger partial charge < -0.3 is 21.1 Å². The predicted octanol–water partition coefficient (Wildman–Crippen LogP) is 7.19. The van der Waals surface area contributed by atoms with Crippen molar-refractivity contribution in [1.82, 2.24) is 5.32 Å². The molecule has 3 aromatic carbocycles. The van der Waals surface area contributed by atoms with Crippen LogP contribution in [0, 0.1) is 17.8 Å². The maximum Gasteiger partial charge on any atom is 0.407 e. The van der Waals surface area contributed by atoms with Gasteiger partial charge in [0.15, 0.2) is 12.5 Å². The van der Waals surface area contributed by atoms with Crippen LogP contribution in [0.25, 0.3) is 11.1 Å². The second-order valence-electron chi connectivity index (χ2n) is 13.4. The lowest BCUT2D eigenvalue weighted by Crippen LogP contribution is -2.37. The number of nitrogen functional groups attached to an aromatic ring is 1. The van der Waals surface area contributed by atoms with E-state index >= 15 is 0 Å². The van der Waals surface area contributed by atoms with E-state index < -0.39 is 17.6 Å². The number of nitrogens with two attached hydrogens (primary N) is 1. The highest BCUT2D eigenvalue weighted by Gasteiger charge is 2.31. The van der Waals surface area contributed by atoms with Gasteiger partial charge in [0.2, 0.25) is 5.91 Å². The molecule has 47 heavy (non-hydrogen) atoms. The van der Waals surface area contributed by atoms with E-state index in [0.29, 0.717) is 42.8 Å². The molecule has 0 bridgehead atoms. The molecule has 1 saturated carbocycles. The SMILES string of the molecule is CC(C)(C)OC(=O)NCC1CCC(C(=O)C[C@@H](Cc2ccc(-c3ccccc3N)cc2)C(=O)Nc2ccc(C3=NCN=N3)cc2)CC1. The summed E-state index contributed by atoms with van der Waals surface area (Å²) < 4.78 is 5.35. The maximum atomic E-state index is 13.7. The van der Waals surface area contributed by atoms with E-state index in [4.69, 9.17) is 10.5 Å². The number of ether oxygens (including phenoxy) is 1. The zero-order valence-corrected chi connectivity index (χ0v) is 27.4. The summed E-state index contributed by atoms with van der Waals surface area (Å²) >= 11 is 0. The van der Waals surface area contributed by atoms with Crippen molar-refractivity contribution >= 4 is 35.0 Å². The quantitative estimate of drug-likeness (QED) is 0.191. The fraction of sp³-hybridized carbons (Fsp3) is 0.405. The van der Waals surface area contributed by atoms with Gasteiger partial charge in [-0.1, -0.05) is 42.5 Å². The Morgan fingerprint density at radius 3 is 2.23 bits per heavy atom. The molecule has 1 fully saturated rings. The van der Waals surface area contributed by atoms with Gasteiger partial charge in [-0.3, -0.25) is 9.59 Å². The second-order valence-corrected chi connectivity index (χ2v) is 13.4. The van der Waals surface area contributed by atoms with Gasteiger partial charge in [-0.05, 0) is 100 Å². The van der Waals surface area contributed by atoms with Crippen molar-refractivity contribution in [3.8, 4) is 11.1 Å². The van der Waals surface area contributed by atoms with Gasteiger partial charge in [0.25, 0.3) is 0 Å². The highest BCUT2D eigenvalue weighted by Crippen LogP contribution is 2.32. The number of alkyl carbamates (subject to hydrolysis) is 1. The molecule has 0 spiro atoms. The standard InChI is InChI=1S/C37H44N6O4/c1-37(2,3)47-36(46)39-22-25-10-14-27(15-11-25)33(44)21-29(20-24-8-12-26(13-9-24)31-6-4-5-7-32(31)38)35(45)42-30-18-16-28(17-19-30)34-40-23-41-43-34/h4-9,12-13,16-19,25,27,29H,10-11,14-15,20-23,38H2,1-3H3,(H,39,46)(H,42,45)/t25?,27?,29-/m1/s1. The van der Waals surface area contributed by atoms with Crippen LogP contribution in [-0.4, -0.2) is 42.4 Å². The van der Waals surface area contributed by atoms with E-state index in [1.807, 2.05) is 93.6 Å². The van der Waals surface area contributed by atoms with Crippen molar-refractivity contribution in [2.75, 3.05) is 24.3 Å². The van der Waals surface area contributed by atoms with Crippen molar-refractivity contribution in [3.05, 3.63) is 83.9 Å². The third-order valence-corrected chi connectivity index (χ3v) is 8.62. The first kappa shape index (κ1) is 33.5. The molecule has 1 atom stereocenters. The Hall–Kier alpha value is -4.86. The number of nitrogens with zero attached hydrogens (tertiary/aromatic N) is 3. The summed E-state index contributed by atoms with van der Waals surface area (Å²) in [5.74, 6) is 0.124. The van der Waals surface area contributed by atoms with Crippen LogP contribution >= 0.6 is 0 Å². The van der Waals surface area contributed by atoms with Crippen molar-refractivity contribution in [2.24, 2.45) is 33.0 Å². The lowest BCUT2D eigenvalue weighted by Gasteiger charge is -2.29. The molecule has 10 nitrogen and oxygen atoms in total. The van der Waals surface area contributed by atoms with E-state index in [9.17, 15) is 14.4 Å². The number of azo groups is 1. The van der Waals surface area contributed by atoms with Gasteiger partial charge in [-0.2, -0.15) is 5.11 Å². The largest absolute Gasteiger partial charge is 0.444 e. The van der Waals surface area contributed by atoms with Gasteiger partial charge >= 0.3 is 6.09 Å². The van der Waals surface area contributed by atoms with Crippen LogP contribution < -0.4 is 16.4 Å². The first-order chi connectivity index (χ1) is 22.5. The summed E-state index contributed by atoms with van der Waals surface area (Å²) in [6, 6.07) is 23.1. The van der Waals surface area contributed by atoms with E-state index in [1.165, 1.54) is 0 Å². The van der Waals surface area contributed by atoms with Gasteiger partial charge in [0.05, 0.1) is 0 Å². The zero-order chi connectivity index (χ0) is 33.4. The molecule has 5 rings (SSSR count). The fourth-order valence-electron chi connectivity index (χ4n) is 6.09. The van der Waals surface area contributed by atoms with Gasteiger partial charge in [-0.15, -0.1) is 5.11 Å². The normalized spacial score (nSPS) is 18.2. The molecule has 10 heteroatoms. The third-order valence-electron chi connectivity index (χ3n) is 8.62. The minimum Gasteiger partial charge on any atom is -0.444 e. The molecule has 0 unspecified atom stereocenters. The molecule has 1 aliphatic carbocycles. The zero-order valence-electron chi connectivity index (χ0n) is 27.4. The van der Waals surface area contributed by atoms with E-state index in [0.717, 1.165) is 47.9 Å². The number of para-hydroxylation sites is 1. The summed E-state index contributed by atoms with van der Waals surface area (Å²) in [6.45, 7) is 6.36. The van der Waals surface area contributed by atoms with Crippen LogP contribution in [0.15, 0.2) is 88.0 Å². The highest BCUT2D eigenvalue weighted by molar-refractivity contribution is 6.01. The van der Waals surface area contributed by atoms with E-state index in [1.54, 1.807) is 0 Å². The number of hydrogen-bond acceptors (Lipinski definition) is 8. The first-order valence-electron chi connectivity index (χ1n) is 16.3. The van der Waals surface area contributed by atoms with Gasteiger partial charge in [0, 0.05) is 47.3 Å². The second kappa shape index (κ2) is 15.2. The summed E-state index contributed by atoms with van der Waals surface area (Å²) in [6.07, 6.45) is 3.31. The number of carbonyl (C=O) groups excluding carboxylic acids is 3. The number of hydrogen-bond donors (Lipinski definition) is 3. The average Bonchev–Trinajstić information content (AvgIpc) is 3.59. The van der Waals surface area contributed by atoms with Crippen LogP contribution in [0.4, 0.5) is 16.2 Å². The smallest absolute Gasteiger partial charge is 0.407 e. The van der Waals surface area contributed by atoms with Crippen molar-refractivity contribution in [3.63, 3.8) is 0 Å². The molecule has 2 amide bonds. The topological polar surface area (TPSA) is 148 Å². The number of aliphatic imine (C=N–C) groups is 1. The fourth-order valence-corrected chi connectivity index (χ4v) is 6.09. The Kier molecular flexibility index (Phi) is 10.8. The Morgan fingerprint density at radius 1 is 0.915 bits per heavy atom. The third kappa shape index (κ3) is 9.57. The minimum atomic E-state index is -0.547. The molecular formula is C37H44N6O4. The van der Waals surface area contributed by atoms with Crippen molar-refractivity contribution < 1.29 is 19.1 Å². The highest BCUT2D eigenvalue weighted by atomic mass is 16.6. The molecule has 0 saturated heterocycles. The molecule has 1 heterocycles. The molecule has 2 aliphatic rings. The number of amides is 2. The molecule has 4 N–H and O–H groups in total. The molecule has 0 aromatic heterocycles. The van der Waals surface area contributed by atoms with E-state index in [-0.39, 0.29) is 24.0 Å². The van der Waals surface area contributed by atoms with Gasteiger partial charge in [0.1, 0.15) is 11.4 Å². The van der Waals surface area contributed by atoms with Crippen LogP contribution in [0.2, 0.25) is 0 Å². The molecule has 246 valence electrons. The van der Waals surface area contributed by atoms with Crippen LogP contribution in [0.3, 0.4) is 0 Å². The Balaban J connectivity index is 1.23. The van der Waals surface area contributed by atoms with Crippen LogP contribution in [-0.2, 0) is 20.7 Å². The number of amidine groups is 1. The Morgan fingerprint density at radius 2 is 1.60 bits per heavy atom. The lowest BCUT2D eigenvalue weighted by atomic mass is 9.77. The average molecular weight is 637 g/mol. The molecule has 3 aromatic rings. The lowest BCUT2D eigenvalue weighted by molar-refractivity contribution is -0.129. The Bertz CT molecular complexity index is 1620. The number of anilines is 2. The number of nitrogens with one attached hydrogen (secondary N) is 2. The molecular weight excluding hydrogens is 592 g/mol.